The van der Waals surface area contributed by atoms with Gasteiger partial charge >= 0.3 is 6.03 Å². The van der Waals surface area contributed by atoms with Gasteiger partial charge in [0, 0.05) is 16.7 Å². The van der Waals surface area contributed by atoms with E-state index in [1.165, 1.54) is 22.3 Å². The Kier molecular flexibility index (Phi) is 2.08. The average Bonchev–Trinajstić information content (AvgIpc) is 3.13. The molecule has 3 aliphatic carbocycles. The first-order valence-electron chi connectivity index (χ1n) is 8.74. The van der Waals surface area contributed by atoms with E-state index in [0.717, 1.165) is 31.5 Å². The van der Waals surface area contributed by atoms with Crippen LogP contribution >= 0.6 is 0 Å². The van der Waals surface area contributed by atoms with Crippen LogP contribution in [0.2, 0.25) is 0 Å². The van der Waals surface area contributed by atoms with Crippen molar-refractivity contribution in [1.29, 1.82) is 0 Å². The number of nitrogens with one attached hydrogen (secondary N) is 1. The molecule has 0 aromatic heterocycles. The van der Waals surface area contributed by atoms with Gasteiger partial charge in [0.15, 0.2) is 0 Å². The molecule has 2 fully saturated rings. The van der Waals surface area contributed by atoms with Gasteiger partial charge in [0.05, 0.1) is 11.6 Å². The van der Waals surface area contributed by atoms with Crippen molar-refractivity contribution in [2.45, 2.75) is 30.8 Å². The van der Waals surface area contributed by atoms with Crippen molar-refractivity contribution in [2.24, 2.45) is 11.1 Å². The lowest BCUT2D eigenvalue weighted by molar-refractivity contribution is 0.193. The normalized spacial score (nSPS) is 37.2. The summed E-state index contributed by atoms with van der Waals surface area (Å²) in [4.78, 5) is 14.1. The van der Waals surface area contributed by atoms with Gasteiger partial charge in [-0.25, -0.2) is 4.79 Å². The third-order valence-corrected chi connectivity index (χ3v) is 6.75. The molecule has 0 radical (unpaired) electrons. The maximum atomic E-state index is 12.2. The molecule has 3 N–H and O–H groups in total. The number of urea groups is 1. The van der Waals surface area contributed by atoms with Crippen LogP contribution in [-0.4, -0.2) is 29.1 Å². The van der Waals surface area contributed by atoms with Gasteiger partial charge in [-0.05, 0) is 42.5 Å². The van der Waals surface area contributed by atoms with Crippen molar-refractivity contribution >= 4 is 17.7 Å². The molecular formula is C20H19N3O. The number of hydrogen-bond acceptors (Lipinski definition) is 2. The molecule has 1 aromatic carbocycles. The Morgan fingerprint density at radius 1 is 1.29 bits per heavy atom. The van der Waals surface area contributed by atoms with E-state index in [1.807, 2.05) is 4.90 Å². The number of benzene rings is 1. The van der Waals surface area contributed by atoms with Crippen molar-refractivity contribution in [3.63, 3.8) is 0 Å². The highest BCUT2D eigenvalue weighted by Gasteiger charge is 2.67. The Labute approximate surface area is 140 Å². The SMILES string of the molecule is NC(=O)N1C2=CCC34C=Cc5ccccc5C3=C2C2(C4)NCCC12. The van der Waals surface area contributed by atoms with Crippen molar-refractivity contribution < 1.29 is 4.79 Å². The molecule has 2 amide bonds. The van der Waals surface area contributed by atoms with Gasteiger partial charge in [-0.3, -0.25) is 4.90 Å². The molecule has 2 saturated heterocycles. The lowest BCUT2D eigenvalue weighted by Gasteiger charge is -2.39. The molecule has 5 aliphatic rings. The molecule has 2 aliphatic heterocycles. The minimum Gasteiger partial charge on any atom is -0.351 e. The second-order valence-electron chi connectivity index (χ2n) is 7.71. The van der Waals surface area contributed by atoms with E-state index < -0.39 is 0 Å². The zero-order valence-electron chi connectivity index (χ0n) is 13.4. The van der Waals surface area contributed by atoms with Gasteiger partial charge in [0.2, 0.25) is 0 Å². The number of hydrogen-bond donors (Lipinski definition) is 2. The zero-order chi connectivity index (χ0) is 16.1. The number of likely N-dealkylation sites (tertiary alicyclic amines) is 1. The second-order valence-corrected chi connectivity index (χ2v) is 7.71. The van der Waals surface area contributed by atoms with Crippen LogP contribution < -0.4 is 11.1 Å². The molecule has 6 rings (SSSR count). The van der Waals surface area contributed by atoms with Crippen LogP contribution in [0.25, 0.3) is 11.6 Å². The van der Waals surface area contributed by atoms with Crippen LogP contribution in [0.5, 0.6) is 0 Å². The van der Waals surface area contributed by atoms with Gasteiger partial charge in [0.1, 0.15) is 0 Å². The predicted molar refractivity (Wildman–Crippen MR) is 92.7 cm³/mol. The number of fused-ring (bicyclic) bond motifs is 1. The van der Waals surface area contributed by atoms with Gasteiger partial charge in [0.25, 0.3) is 0 Å². The third kappa shape index (κ3) is 1.20. The molecule has 2 heterocycles. The zero-order valence-corrected chi connectivity index (χ0v) is 13.4. The van der Waals surface area contributed by atoms with E-state index in [4.69, 9.17) is 5.73 Å². The lowest BCUT2D eigenvalue weighted by Crippen LogP contribution is -2.51. The Morgan fingerprint density at radius 2 is 2.17 bits per heavy atom. The van der Waals surface area contributed by atoms with E-state index in [9.17, 15) is 4.79 Å². The molecule has 0 saturated carbocycles. The van der Waals surface area contributed by atoms with Crippen LogP contribution in [0.1, 0.15) is 30.4 Å². The number of amides is 2. The van der Waals surface area contributed by atoms with Crippen LogP contribution in [0, 0.1) is 5.41 Å². The van der Waals surface area contributed by atoms with Crippen LogP contribution in [0.4, 0.5) is 4.79 Å². The Hall–Kier alpha value is -2.33. The molecule has 24 heavy (non-hydrogen) atoms. The predicted octanol–water partition coefficient (Wildman–Crippen LogP) is 2.64. The molecule has 3 unspecified atom stereocenters. The highest BCUT2D eigenvalue weighted by Crippen LogP contribution is 2.68. The molecule has 120 valence electrons. The number of carbonyl (C=O) groups excluding carboxylic acids is 1. The summed E-state index contributed by atoms with van der Waals surface area (Å²) in [6.07, 6.45) is 9.89. The summed E-state index contributed by atoms with van der Waals surface area (Å²) < 4.78 is 0. The average molecular weight is 317 g/mol. The van der Waals surface area contributed by atoms with Gasteiger partial charge in [-0.15, -0.1) is 0 Å². The number of carbonyl (C=O) groups is 1. The Morgan fingerprint density at radius 3 is 3.04 bits per heavy atom. The lowest BCUT2D eigenvalue weighted by atomic mass is 9.68. The molecule has 1 aromatic rings. The number of primary amides is 1. The summed E-state index contributed by atoms with van der Waals surface area (Å²) >= 11 is 0. The van der Waals surface area contributed by atoms with Crippen LogP contribution in [-0.2, 0) is 0 Å². The molecule has 1 spiro atoms. The molecule has 4 heteroatoms. The number of rotatable bonds is 0. The smallest absolute Gasteiger partial charge is 0.319 e. The van der Waals surface area contributed by atoms with E-state index in [-0.39, 0.29) is 23.0 Å². The summed E-state index contributed by atoms with van der Waals surface area (Å²) in [7, 11) is 0. The Balaban J connectivity index is 1.71. The summed E-state index contributed by atoms with van der Waals surface area (Å²) in [5, 5.41) is 3.78. The van der Waals surface area contributed by atoms with Crippen molar-refractivity contribution in [2.75, 3.05) is 6.54 Å². The first-order chi connectivity index (χ1) is 11.7. The summed E-state index contributed by atoms with van der Waals surface area (Å²) in [5.74, 6) is 0. The maximum Gasteiger partial charge on any atom is 0.319 e. The molecule has 4 nitrogen and oxygen atoms in total. The fourth-order valence-electron chi connectivity index (χ4n) is 6.03. The highest BCUT2D eigenvalue weighted by atomic mass is 16.2. The molecule has 2 bridgehead atoms. The van der Waals surface area contributed by atoms with Crippen LogP contribution in [0.15, 0.2) is 47.7 Å². The van der Waals surface area contributed by atoms with Gasteiger partial charge in [-0.1, -0.05) is 42.5 Å². The fraction of sp³-hybridized carbons (Fsp3) is 0.350. The highest BCUT2D eigenvalue weighted by molar-refractivity contribution is 5.94. The monoisotopic (exact) mass is 317 g/mol. The van der Waals surface area contributed by atoms with Crippen LogP contribution in [0.3, 0.4) is 0 Å². The third-order valence-electron chi connectivity index (χ3n) is 6.75. The second kappa shape index (κ2) is 3.83. The number of nitrogens with two attached hydrogens (primary N) is 1. The summed E-state index contributed by atoms with van der Waals surface area (Å²) in [6.45, 7) is 0.944. The largest absolute Gasteiger partial charge is 0.351 e. The van der Waals surface area contributed by atoms with Gasteiger partial charge < -0.3 is 11.1 Å². The molecule has 3 atom stereocenters. The quantitative estimate of drug-likeness (QED) is 0.773. The van der Waals surface area contributed by atoms with Gasteiger partial charge in [-0.2, -0.15) is 0 Å². The minimum atomic E-state index is -0.316. The summed E-state index contributed by atoms with van der Waals surface area (Å²) in [5.41, 5.74) is 12.2. The van der Waals surface area contributed by atoms with E-state index in [1.54, 1.807) is 0 Å². The number of allylic oxidation sites excluding steroid dienone is 3. The fourth-order valence-corrected chi connectivity index (χ4v) is 6.03. The van der Waals surface area contributed by atoms with Crippen molar-refractivity contribution in [3.05, 3.63) is 58.8 Å². The van der Waals surface area contributed by atoms with Crippen molar-refractivity contribution in [1.82, 2.24) is 10.2 Å². The van der Waals surface area contributed by atoms with E-state index in [0.29, 0.717) is 0 Å². The topological polar surface area (TPSA) is 58.4 Å². The van der Waals surface area contributed by atoms with E-state index in [2.05, 4.69) is 47.8 Å². The maximum absolute atomic E-state index is 12.2. The minimum absolute atomic E-state index is 0.0759. The first-order valence-corrected chi connectivity index (χ1v) is 8.74. The molecular weight excluding hydrogens is 298 g/mol. The first kappa shape index (κ1) is 13.0. The number of nitrogens with zero attached hydrogens (tertiary/aromatic N) is 1. The standard InChI is InChI=1S/C20H19N3O/c21-18(24)23-14-6-9-19-8-5-12-3-1-2-4-13(12)16(19)17(14)20(11-19)15(23)7-10-22-20/h1-6,8,15,22H,7,9-11H2,(H2,21,24). The van der Waals surface area contributed by atoms with Crippen molar-refractivity contribution in [3.8, 4) is 0 Å². The van der Waals surface area contributed by atoms with E-state index >= 15 is 0 Å². The Bertz CT molecular complexity index is 911. The summed E-state index contributed by atoms with van der Waals surface area (Å²) in [6, 6.07) is 8.47.